The van der Waals surface area contributed by atoms with Crippen molar-refractivity contribution in [2.24, 2.45) is 0 Å². The zero-order valence-corrected chi connectivity index (χ0v) is 8.29. The number of hydrogen-bond acceptors (Lipinski definition) is 1. The van der Waals surface area contributed by atoms with Crippen molar-refractivity contribution < 1.29 is 0 Å². The Morgan fingerprint density at radius 3 is 3.08 bits per heavy atom. The van der Waals surface area contributed by atoms with Crippen LogP contribution in [0.2, 0.25) is 0 Å². The second-order valence-electron chi connectivity index (χ2n) is 3.48. The van der Waals surface area contributed by atoms with Crippen LogP contribution in [0.4, 0.5) is 0 Å². The third-order valence-electron chi connectivity index (χ3n) is 2.28. The van der Waals surface area contributed by atoms with Gasteiger partial charge in [-0.15, -0.1) is 6.42 Å². The van der Waals surface area contributed by atoms with Crippen LogP contribution in [-0.4, -0.2) is 25.0 Å². The van der Waals surface area contributed by atoms with Gasteiger partial charge in [0, 0.05) is 6.54 Å². The van der Waals surface area contributed by atoms with E-state index in [1.54, 1.807) is 5.57 Å². The van der Waals surface area contributed by atoms with Crippen molar-refractivity contribution >= 4 is 0 Å². The Labute approximate surface area is 81.1 Å². The lowest BCUT2D eigenvalue weighted by atomic mass is 10.0. The minimum Gasteiger partial charge on any atom is -0.295 e. The summed E-state index contributed by atoms with van der Waals surface area (Å²) in [5, 5.41) is 0. The summed E-state index contributed by atoms with van der Waals surface area (Å²) in [6.45, 7) is 1.83. The second kappa shape index (κ2) is 5.61. The van der Waals surface area contributed by atoms with Gasteiger partial charge in [-0.05, 0) is 26.3 Å². The predicted octanol–water partition coefficient (Wildman–Crippen LogP) is 2.22. The van der Waals surface area contributed by atoms with Crippen LogP contribution in [0, 0.1) is 12.3 Å². The molecule has 0 saturated heterocycles. The number of rotatable bonds is 4. The van der Waals surface area contributed by atoms with Crippen LogP contribution in [0.5, 0.6) is 0 Å². The van der Waals surface area contributed by atoms with Crippen LogP contribution in [-0.2, 0) is 0 Å². The van der Waals surface area contributed by atoms with Gasteiger partial charge < -0.3 is 0 Å². The summed E-state index contributed by atoms with van der Waals surface area (Å²) in [6.07, 6.45) is 15.4. The quantitative estimate of drug-likeness (QED) is 0.592. The van der Waals surface area contributed by atoms with Gasteiger partial charge in [-0.25, -0.2) is 0 Å². The summed E-state index contributed by atoms with van der Waals surface area (Å²) >= 11 is 0. The smallest absolute Gasteiger partial charge is 0.0596 e. The van der Waals surface area contributed by atoms with Gasteiger partial charge in [0.1, 0.15) is 0 Å². The summed E-state index contributed by atoms with van der Waals surface area (Å²) in [4.78, 5) is 2.18. The average Bonchev–Trinajstić information content (AvgIpc) is 2.17. The molecule has 70 valence electrons. The minimum absolute atomic E-state index is 0.753. The van der Waals surface area contributed by atoms with Crippen LogP contribution in [0.3, 0.4) is 0 Å². The Kier molecular flexibility index (Phi) is 4.35. The lowest BCUT2D eigenvalue weighted by molar-refractivity contribution is 0.378. The van der Waals surface area contributed by atoms with E-state index in [0.717, 1.165) is 19.5 Å². The molecule has 0 aliphatic heterocycles. The van der Waals surface area contributed by atoms with Crippen molar-refractivity contribution in [3.8, 4) is 12.3 Å². The predicted molar refractivity (Wildman–Crippen MR) is 57.4 cm³/mol. The molecule has 0 radical (unpaired) electrons. The third kappa shape index (κ3) is 3.96. The molecule has 0 spiro atoms. The van der Waals surface area contributed by atoms with Gasteiger partial charge in [0.05, 0.1) is 6.54 Å². The summed E-state index contributed by atoms with van der Waals surface area (Å²) < 4.78 is 0. The fourth-order valence-electron chi connectivity index (χ4n) is 1.43. The highest BCUT2D eigenvalue weighted by Crippen LogP contribution is 2.15. The highest BCUT2D eigenvalue weighted by molar-refractivity contribution is 5.17. The van der Waals surface area contributed by atoms with E-state index in [1.807, 2.05) is 0 Å². The molecule has 13 heavy (non-hydrogen) atoms. The molecule has 0 amide bonds. The molecule has 0 fully saturated rings. The van der Waals surface area contributed by atoms with Crippen molar-refractivity contribution in [2.75, 3.05) is 20.1 Å². The Balaban J connectivity index is 2.22. The van der Waals surface area contributed by atoms with Crippen LogP contribution in [0.1, 0.15) is 19.3 Å². The van der Waals surface area contributed by atoms with E-state index < -0.39 is 0 Å². The fraction of sp³-hybridized carbons (Fsp3) is 0.500. The van der Waals surface area contributed by atoms with Gasteiger partial charge in [0.2, 0.25) is 0 Å². The van der Waals surface area contributed by atoms with E-state index >= 15 is 0 Å². The molecule has 0 bridgehead atoms. The first-order valence-electron chi connectivity index (χ1n) is 4.79. The minimum atomic E-state index is 0.753. The molecular weight excluding hydrogens is 158 g/mol. The molecule has 0 atom stereocenters. The normalized spacial score (nSPS) is 15.6. The number of terminal acetylenes is 1. The second-order valence-corrected chi connectivity index (χ2v) is 3.48. The maximum atomic E-state index is 5.22. The Morgan fingerprint density at radius 2 is 2.46 bits per heavy atom. The van der Waals surface area contributed by atoms with Crippen molar-refractivity contribution in [3.63, 3.8) is 0 Å². The van der Waals surface area contributed by atoms with Crippen LogP contribution >= 0.6 is 0 Å². The van der Waals surface area contributed by atoms with Gasteiger partial charge in [0.25, 0.3) is 0 Å². The summed E-state index contributed by atoms with van der Waals surface area (Å²) in [5.74, 6) is 2.65. The molecule has 0 N–H and O–H groups in total. The number of allylic oxidation sites excluding steroid dienone is 3. The highest BCUT2D eigenvalue weighted by atomic mass is 15.1. The summed E-state index contributed by atoms with van der Waals surface area (Å²) in [6, 6.07) is 0. The first kappa shape index (κ1) is 10.1. The molecule has 1 aliphatic carbocycles. The zero-order chi connectivity index (χ0) is 9.52. The van der Waals surface area contributed by atoms with Crippen molar-refractivity contribution in [2.45, 2.75) is 19.3 Å². The van der Waals surface area contributed by atoms with Crippen molar-refractivity contribution in [1.82, 2.24) is 4.90 Å². The van der Waals surface area contributed by atoms with Gasteiger partial charge in [-0.3, -0.25) is 4.90 Å². The molecule has 0 heterocycles. The van der Waals surface area contributed by atoms with E-state index in [9.17, 15) is 0 Å². The van der Waals surface area contributed by atoms with E-state index in [0.29, 0.717) is 0 Å². The number of nitrogens with zero attached hydrogens (tertiary/aromatic N) is 1. The fourth-order valence-corrected chi connectivity index (χ4v) is 1.43. The van der Waals surface area contributed by atoms with Crippen molar-refractivity contribution in [3.05, 3.63) is 23.8 Å². The maximum absolute atomic E-state index is 5.22. The van der Waals surface area contributed by atoms with E-state index in [1.165, 1.54) is 12.8 Å². The van der Waals surface area contributed by atoms with Gasteiger partial charge in [-0.2, -0.15) is 0 Å². The molecule has 1 heteroatoms. The summed E-state index contributed by atoms with van der Waals surface area (Å²) in [5.41, 5.74) is 1.55. The van der Waals surface area contributed by atoms with E-state index in [4.69, 9.17) is 6.42 Å². The van der Waals surface area contributed by atoms with Gasteiger partial charge >= 0.3 is 0 Å². The first-order chi connectivity index (χ1) is 6.33. The SMILES string of the molecule is C#CCN(C)CCC1=CC=CCC1. The molecule has 0 aromatic rings. The van der Waals surface area contributed by atoms with Crippen LogP contribution in [0.15, 0.2) is 23.8 Å². The van der Waals surface area contributed by atoms with E-state index in [2.05, 4.69) is 36.1 Å². The standard InChI is InChI=1S/C12H17N/c1-3-10-13(2)11-9-12-7-5-4-6-8-12/h1,4-5,7H,6,8-11H2,2H3. The molecule has 1 aliphatic rings. The van der Waals surface area contributed by atoms with Crippen LogP contribution < -0.4 is 0 Å². The molecule has 1 rings (SSSR count). The third-order valence-corrected chi connectivity index (χ3v) is 2.28. The monoisotopic (exact) mass is 175 g/mol. The largest absolute Gasteiger partial charge is 0.295 e. The zero-order valence-electron chi connectivity index (χ0n) is 8.29. The molecule has 0 saturated carbocycles. The Hall–Kier alpha value is -1.00. The van der Waals surface area contributed by atoms with Crippen LogP contribution in [0.25, 0.3) is 0 Å². The Bertz CT molecular complexity index is 242. The maximum Gasteiger partial charge on any atom is 0.0596 e. The lowest BCUT2D eigenvalue weighted by Crippen LogP contribution is -2.20. The van der Waals surface area contributed by atoms with Crippen molar-refractivity contribution in [1.29, 1.82) is 0 Å². The van der Waals surface area contributed by atoms with Gasteiger partial charge in [-0.1, -0.05) is 29.7 Å². The average molecular weight is 175 g/mol. The van der Waals surface area contributed by atoms with E-state index in [-0.39, 0.29) is 0 Å². The molecule has 0 aromatic carbocycles. The Morgan fingerprint density at radius 1 is 1.62 bits per heavy atom. The topological polar surface area (TPSA) is 3.24 Å². The lowest BCUT2D eigenvalue weighted by Gasteiger charge is -2.15. The summed E-state index contributed by atoms with van der Waals surface area (Å²) in [7, 11) is 2.07. The molecule has 1 nitrogen and oxygen atoms in total. The highest BCUT2D eigenvalue weighted by Gasteiger charge is 2.01. The molecule has 0 aromatic heterocycles. The van der Waals surface area contributed by atoms with Gasteiger partial charge in [0.15, 0.2) is 0 Å². The molecular formula is C12H17N. The molecule has 0 unspecified atom stereocenters. The first-order valence-corrected chi connectivity index (χ1v) is 4.79. The number of hydrogen-bond donors (Lipinski definition) is 0.